The molecule has 0 spiro atoms. The summed E-state index contributed by atoms with van der Waals surface area (Å²) in [4.78, 5) is 2.65. The molecule has 0 aromatic carbocycles. The Morgan fingerprint density at radius 3 is 2.26 bits per heavy atom. The summed E-state index contributed by atoms with van der Waals surface area (Å²) >= 11 is 0. The molecule has 19 heavy (non-hydrogen) atoms. The van der Waals surface area contributed by atoms with Crippen LogP contribution in [0.5, 0.6) is 0 Å². The molecule has 0 aliphatic carbocycles. The van der Waals surface area contributed by atoms with Crippen molar-refractivity contribution in [1.29, 1.82) is 0 Å². The highest BCUT2D eigenvalue weighted by atomic mass is 15.2. The largest absolute Gasteiger partial charge is 0.314 e. The first-order valence-electron chi connectivity index (χ1n) is 8.59. The number of hydrogen-bond donors (Lipinski definition) is 1. The van der Waals surface area contributed by atoms with Gasteiger partial charge in [0.25, 0.3) is 0 Å². The van der Waals surface area contributed by atoms with E-state index in [1.165, 1.54) is 51.5 Å². The van der Waals surface area contributed by atoms with Crippen molar-refractivity contribution < 1.29 is 0 Å². The van der Waals surface area contributed by atoms with Crippen LogP contribution in [0.4, 0.5) is 0 Å². The lowest BCUT2D eigenvalue weighted by atomic mass is 9.90. The van der Waals surface area contributed by atoms with Gasteiger partial charge in [0.2, 0.25) is 0 Å². The molecule has 2 heteroatoms. The monoisotopic (exact) mass is 266 g/mol. The fourth-order valence-electron chi connectivity index (χ4n) is 4.07. The van der Waals surface area contributed by atoms with Crippen LogP contribution in [-0.2, 0) is 0 Å². The lowest BCUT2D eigenvalue weighted by molar-refractivity contribution is 0.130. The first kappa shape index (κ1) is 15.3. The number of rotatable bonds is 7. The third kappa shape index (κ3) is 3.95. The minimum Gasteiger partial charge on any atom is -0.314 e. The van der Waals surface area contributed by atoms with Crippen molar-refractivity contribution in [1.82, 2.24) is 10.2 Å². The quantitative estimate of drug-likeness (QED) is 0.756. The molecule has 2 fully saturated rings. The number of piperidine rings is 1. The molecule has 2 saturated heterocycles. The lowest BCUT2D eigenvalue weighted by Gasteiger charge is -2.37. The van der Waals surface area contributed by atoms with E-state index in [0.29, 0.717) is 0 Å². The van der Waals surface area contributed by atoms with Gasteiger partial charge in [-0.3, -0.25) is 0 Å². The van der Waals surface area contributed by atoms with Gasteiger partial charge in [0, 0.05) is 18.1 Å². The number of nitrogens with one attached hydrogen (secondary N) is 1. The smallest absolute Gasteiger partial charge is 0.00988 e. The lowest BCUT2D eigenvalue weighted by Crippen LogP contribution is -2.44. The molecule has 2 nitrogen and oxygen atoms in total. The van der Waals surface area contributed by atoms with Crippen molar-refractivity contribution in [3.63, 3.8) is 0 Å². The number of hydrogen-bond acceptors (Lipinski definition) is 2. The number of nitrogens with zero attached hydrogens (tertiary/aromatic N) is 1. The Morgan fingerprint density at radius 1 is 1.11 bits per heavy atom. The highest BCUT2D eigenvalue weighted by Crippen LogP contribution is 2.37. The highest BCUT2D eigenvalue weighted by Gasteiger charge is 2.38. The summed E-state index contributed by atoms with van der Waals surface area (Å²) in [5, 5.41) is 3.87. The highest BCUT2D eigenvalue weighted by molar-refractivity contribution is 4.94. The average Bonchev–Trinajstić information content (AvgIpc) is 2.66. The molecule has 0 amide bonds. The van der Waals surface area contributed by atoms with E-state index < -0.39 is 0 Å². The fourth-order valence-corrected chi connectivity index (χ4v) is 4.07. The Morgan fingerprint density at radius 2 is 1.74 bits per heavy atom. The Bertz CT molecular complexity index is 252. The van der Waals surface area contributed by atoms with Crippen molar-refractivity contribution >= 4 is 0 Å². The van der Waals surface area contributed by atoms with E-state index in [9.17, 15) is 0 Å². The molecule has 1 N–H and O–H groups in total. The Hall–Kier alpha value is -0.0800. The zero-order valence-electron chi connectivity index (χ0n) is 13.5. The topological polar surface area (TPSA) is 15.3 Å². The zero-order chi connectivity index (χ0) is 13.8. The summed E-state index contributed by atoms with van der Waals surface area (Å²) in [7, 11) is 2.34. The predicted molar refractivity (Wildman–Crippen MR) is 83.5 cm³/mol. The molecular formula is C17H34N2. The van der Waals surface area contributed by atoms with Crippen LogP contribution in [0.2, 0.25) is 0 Å². The molecule has 0 saturated carbocycles. The second kappa shape index (κ2) is 7.08. The third-order valence-electron chi connectivity index (χ3n) is 5.77. The second-order valence-corrected chi connectivity index (χ2v) is 7.15. The maximum Gasteiger partial charge on any atom is 0.00988 e. The third-order valence-corrected chi connectivity index (χ3v) is 5.77. The van der Waals surface area contributed by atoms with Crippen LogP contribution < -0.4 is 5.32 Å². The molecule has 2 aliphatic heterocycles. The molecule has 4 atom stereocenters. The van der Waals surface area contributed by atoms with E-state index in [1.54, 1.807) is 0 Å². The summed E-state index contributed by atoms with van der Waals surface area (Å²) in [6, 6.07) is 2.52. The minimum atomic E-state index is 0.743. The molecular weight excluding hydrogens is 232 g/mol. The summed E-state index contributed by atoms with van der Waals surface area (Å²) < 4.78 is 0. The maximum atomic E-state index is 3.87. The van der Waals surface area contributed by atoms with Crippen LogP contribution in [0.25, 0.3) is 0 Å². The second-order valence-electron chi connectivity index (χ2n) is 7.15. The standard InChI is InChI=1S/C17H34N2/c1-5-13(3)9-15(6-2)18-12-14-10-16-7-8-17(11-14)19(16)4/h13-18H,5-12H2,1-4H3. The molecule has 112 valence electrons. The van der Waals surface area contributed by atoms with Gasteiger partial charge in [0.05, 0.1) is 0 Å². The van der Waals surface area contributed by atoms with E-state index in [1.807, 2.05) is 0 Å². The van der Waals surface area contributed by atoms with Gasteiger partial charge in [-0.15, -0.1) is 0 Å². The number of fused-ring (bicyclic) bond motifs is 2. The Balaban J connectivity index is 1.73. The van der Waals surface area contributed by atoms with Gasteiger partial charge in [0.1, 0.15) is 0 Å². The van der Waals surface area contributed by atoms with Crippen LogP contribution >= 0.6 is 0 Å². The van der Waals surface area contributed by atoms with Gasteiger partial charge >= 0.3 is 0 Å². The zero-order valence-corrected chi connectivity index (χ0v) is 13.5. The molecule has 0 radical (unpaired) electrons. The van der Waals surface area contributed by atoms with E-state index >= 15 is 0 Å². The van der Waals surface area contributed by atoms with Gasteiger partial charge in [-0.1, -0.05) is 27.2 Å². The normalized spacial score (nSPS) is 34.4. The van der Waals surface area contributed by atoms with Crippen molar-refractivity contribution in [2.24, 2.45) is 11.8 Å². The van der Waals surface area contributed by atoms with Gasteiger partial charge in [-0.05, 0) is 64.0 Å². The van der Waals surface area contributed by atoms with Crippen LogP contribution in [0.3, 0.4) is 0 Å². The summed E-state index contributed by atoms with van der Waals surface area (Å²) in [6.07, 6.45) is 9.70. The van der Waals surface area contributed by atoms with Crippen LogP contribution in [-0.4, -0.2) is 36.6 Å². The van der Waals surface area contributed by atoms with Gasteiger partial charge < -0.3 is 10.2 Å². The molecule has 4 unspecified atom stereocenters. The van der Waals surface area contributed by atoms with Gasteiger partial charge in [-0.25, -0.2) is 0 Å². The van der Waals surface area contributed by atoms with Crippen molar-refractivity contribution in [3.05, 3.63) is 0 Å². The first-order valence-corrected chi connectivity index (χ1v) is 8.59. The fraction of sp³-hybridized carbons (Fsp3) is 1.00. The molecule has 2 rings (SSSR count). The minimum absolute atomic E-state index is 0.743. The molecule has 0 aromatic heterocycles. The Labute approximate surface area is 120 Å². The van der Waals surface area contributed by atoms with Gasteiger partial charge in [0.15, 0.2) is 0 Å². The van der Waals surface area contributed by atoms with Gasteiger partial charge in [-0.2, -0.15) is 0 Å². The summed E-state index contributed by atoms with van der Waals surface area (Å²) in [6.45, 7) is 8.29. The van der Waals surface area contributed by atoms with Crippen LogP contribution in [0.15, 0.2) is 0 Å². The van der Waals surface area contributed by atoms with Crippen molar-refractivity contribution in [3.8, 4) is 0 Å². The summed E-state index contributed by atoms with van der Waals surface area (Å²) in [5.74, 6) is 1.80. The maximum absolute atomic E-state index is 3.87. The van der Waals surface area contributed by atoms with Crippen LogP contribution in [0, 0.1) is 11.8 Å². The first-order chi connectivity index (χ1) is 9.13. The summed E-state index contributed by atoms with van der Waals surface area (Å²) in [5.41, 5.74) is 0. The van der Waals surface area contributed by atoms with Crippen molar-refractivity contribution in [2.45, 2.75) is 83.8 Å². The predicted octanol–water partition coefficient (Wildman–Crippen LogP) is 3.66. The van der Waals surface area contributed by atoms with E-state index in [2.05, 4.69) is 38.0 Å². The average molecular weight is 266 g/mol. The van der Waals surface area contributed by atoms with E-state index in [-0.39, 0.29) is 0 Å². The SMILES string of the molecule is CCC(C)CC(CC)NCC1CC2CCC(C1)N2C. The van der Waals surface area contributed by atoms with Crippen molar-refractivity contribution in [2.75, 3.05) is 13.6 Å². The Kier molecular flexibility index (Phi) is 5.70. The van der Waals surface area contributed by atoms with E-state index in [0.717, 1.165) is 30.0 Å². The van der Waals surface area contributed by atoms with Crippen LogP contribution in [0.1, 0.15) is 65.7 Å². The molecule has 2 heterocycles. The molecule has 2 bridgehead atoms. The molecule has 0 aromatic rings. The molecule has 2 aliphatic rings. The van der Waals surface area contributed by atoms with E-state index in [4.69, 9.17) is 0 Å².